The second-order valence-corrected chi connectivity index (χ2v) is 5.85. The summed E-state index contributed by atoms with van der Waals surface area (Å²) >= 11 is 5.98. The number of nitrogens with one attached hydrogen (secondary N) is 3. The van der Waals surface area contributed by atoms with Crippen LogP contribution in [0.5, 0.6) is 5.75 Å². The van der Waals surface area contributed by atoms with Crippen LogP contribution in [0.25, 0.3) is 0 Å². The first-order valence-electron chi connectivity index (χ1n) is 8.38. The van der Waals surface area contributed by atoms with E-state index in [1.807, 2.05) is 0 Å². The van der Waals surface area contributed by atoms with E-state index in [1.54, 1.807) is 55.5 Å². The van der Waals surface area contributed by atoms with Gasteiger partial charge in [-0.15, -0.1) is 0 Å². The Balaban J connectivity index is 1.80. The van der Waals surface area contributed by atoms with Crippen LogP contribution < -0.4 is 20.8 Å². The number of halogens is 1. The topological polar surface area (TPSA) is 109 Å². The zero-order valence-electron chi connectivity index (χ0n) is 15.1. The summed E-state index contributed by atoms with van der Waals surface area (Å²) in [5.41, 5.74) is 3.31. The molecule has 0 aliphatic rings. The average Bonchev–Trinajstić information content (AvgIpc) is 2.69. The fourth-order valence-electron chi connectivity index (χ4n) is 2.00. The standard InChI is InChI=1S/C19H19ClN4O4/c1-2-21-18(26)19(27)24-22-11-13-7-9-14(10-8-13)28-12-17(25)23-16-6-4-3-5-15(16)20/h3-11H,2,12H2,1H3,(H,21,26)(H,23,25)(H,24,27)/b22-11-. The quantitative estimate of drug-likeness (QED) is 0.373. The van der Waals surface area contributed by atoms with E-state index in [4.69, 9.17) is 16.3 Å². The lowest BCUT2D eigenvalue weighted by Crippen LogP contribution is -2.37. The van der Waals surface area contributed by atoms with E-state index >= 15 is 0 Å². The molecule has 2 aromatic carbocycles. The van der Waals surface area contributed by atoms with E-state index in [2.05, 4.69) is 21.2 Å². The Morgan fingerprint density at radius 3 is 2.46 bits per heavy atom. The van der Waals surface area contributed by atoms with Crippen LogP contribution in [0, 0.1) is 0 Å². The Labute approximate surface area is 166 Å². The van der Waals surface area contributed by atoms with Gasteiger partial charge in [-0.2, -0.15) is 5.10 Å². The van der Waals surface area contributed by atoms with Gasteiger partial charge in [0.2, 0.25) is 0 Å². The smallest absolute Gasteiger partial charge is 0.329 e. The van der Waals surface area contributed by atoms with Crippen LogP contribution >= 0.6 is 11.6 Å². The van der Waals surface area contributed by atoms with Crippen molar-refractivity contribution in [1.29, 1.82) is 0 Å². The summed E-state index contributed by atoms with van der Waals surface area (Å²) < 4.78 is 5.41. The van der Waals surface area contributed by atoms with Crippen LogP contribution in [0.1, 0.15) is 12.5 Å². The maximum absolute atomic E-state index is 11.9. The van der Waals surface area contributed by atoms with Crippen molar-refractivity contribution in [2.75, 3.05) is 18.5 Å². The summed E-state index contributed by atoms with van der Waals surface area (Å²) in [6.45, 7) is 1.88. The number of hydrogen-bond donors (Lipinski definition) is 3. The number of benzene rings is 2. The first-order valence-corrected chi connectivity index (χ1v) is 8.76. The lowest BCUT2D eigenvalue weighted by atomic mass is 10.2. The molecule has 0 aliphatic carbocycles. The van der Waals surface area contributed by atoms with Crippen molar-refractivity contribution in [3.05, 3.63) is 59.1 Å². The highest BCUT2D eigenvalue weighted by atomic mass is 35.5. The molecule has 0 saturated carbocycles. The first-order chi connectivity index (χ1) is 13.5. The molecule has 0 unspecified atom stereocenters. The minimum Gasteiger partial charge on any atom is -0.484 e. The molecule has 9 heteroatoms. The fourth-order valence-corrected chi connectivity index (χ4v) is 2.19. The number of nitrogens with zero attached hydrogens (tertiary/aromatic N) is 1. The third-order valence-electron chi connectivity index (χ3n) is 3.32. The summed E-state index contributed by atoms with van der Waals surface area (Å²) in [5, 5.41) is 9.16. The molecule has 8 nitrogen and oxygen atoms in total. The Hall–Kier alpha value is -3.39. The van der Waals surface area contributed by atoms with E-state index in [0.29, 0.717) is 28.6 Å². The van der Waals surface area contributed by atoms with Crippen LogP contribution in [0.4, 0.5) is 5.69 Å². The van der Waals surface area contributed by atoms with Crippen molar-refractivity contribution in [1.82, 2.24) is 10.7 Å². The molecular weight excluding hydrogens is 384 g/mol. The number of amides is 3. The zero-order chi connectivity index (χ0) is 20.4. The van der Waals surface area contributed by atoms with Crippen molar-refractivity contribution in [2.45, 2.75) is 6.92 Å². The van der Waals surface area contributed by atoms with Gasteiger partial charge in [0.15, 0.2) is 6.61 Å². The Morgan fingerprint density at radius 1 is 1.07 bits per heavy atom. The summed E-state index contributed by atoms with van der Waals surface area (Å²) in [4.78, 5) is 34.5. The zero-order valence-corrected chi connectivity index (χ0v) is 15.8. The second kappa shape index (κ2) is 10.7. The molecule has 0 spiro atoms. The molecule has 0 aliphatic heterocycles. The maximum atomic E-state index is 11.9. The number of carbonyl (C=O) groups excluding carboxylic acids is 3. The summed E-state index contributed by atoms with van der Waals surface area (Å²) in [6.07, 6.45) is 1.38. The molecule has 0 radical (unpaired) electrons. The van der Waals surface area contributed by atoms with E-state index in [0.717, 1.165) is 0 Å². The second-order valence-electron chi connectivity index (χ2n) is 5.44. The first kappa shape index (κ1) is 20.9. The predicted molar refractivity (Wildman–Crippen MR) is 106 cm³/mol. The Morgan fingerprint density at radius 2 is 1.79 bits per heavy atom. The van der Waals surface area contributed by atoms with Crippen LogP contribution in [0.15, 0.2) is 53.6 Å². The van der Waals surface area contributed by atoms with Crippen molar-refractivity contribution in [2.24, 2.45) is 5.10 Å². The molecule has 146 valence electrons. The molecule has 0 saturated heterocycles. The van der Waals surface area contributed by atoms with Crippen molar-refractivity contribution < 1.29 is 19.1 Å². The molecule has 0 atom stereocenters. The van der Waals surface area contributed by atoms with Crippen molar-refractivity contribution in [3.63, 3.8) is 0 Å². The van der Waals surface area contributed by atoms with Gasteiger partial charge >= 0.3 is 11.8 Å². The van der Waals surface area contributed by atoms with Crippen LogP contribution in [0.2, 0.25) is 5.02 Å². The van der Waals surface area contributed by atoms with Gasteiger partial charge in [-0.1, -0.05) is 23.7 Å². The van der Waals surface area contributed by atoms with E-state index in [1.165, 1.54) is 6.21 Å². The summed E-state index contributed by atoms with van der Waals surface area (Å²) in [6, 6.07) is 13.6. The number of carbonyl (C=O) groups is 3. The van der Waals surface area contributed by atoms with Gasteiger partial charge < -0.3 is 15.4 Å². The molecule has 0 heterocycles. The highest BCUT2D eigenvalue weighted by Gasteiger charge is 2.10. The fraction of sp³-hybridized carbons (Fsp3) is 0.158. The van der Waals surface area contributed by atoms with Gasteiger partial charge in [-0.25, -0.2) is 5.43 Å². The lowest BCUT2D eigenvalue weighted by molar-refractivity contribution is -0.139. The molecule has 28 heavy (non-hydrogen) atoms. The van der Waals surface area contributed by atoms with Gasteiger partial charge in [-0.3, -0.25) is 14.4 Å². The summed E-state index contributed by atoms with van der Waals surface area (Å²) in [5.74, 6) is -1.45. The predicted octanol–water partition coefficient (Wildman–Crippen LogP) is 1.94. The maximum Gasteiger partial charge on any atom is 0.329 e. The third-order valence-corrected chi connectivity index (χ3v) is 3.65. The molecule has 3 N–H and O–H groups in total. The number of anilines is 1. The molecule has 3 amide bonds. The minimum atomic E-state index is -0.845. The molecular formula is C19H19ClN4O4. The SMILES string of the molecule is CCNC(=O)C(=O)N/N=C\c1ccc(OCC(=O)Nc2ccccc2Cl)cc1. The molecule has 2 aromatic rings. The van der Waals surface area contributed by atoms with Gasteiger partial charge in [0, 0.05) is 6.54 Å². The number of hydrazone groups is 1. The Kier molecular flexibility index (Phi) is 7.98. The number of para-hydroxylation sites is 1. The average molecular weight is 403 g/mol. The minimum absolute atomic E-state index is 0.179. The normalized spacial score (nSPS) is 10.4. The van der Waals surface area contributed by atoms with Crippen LogP contribution in [0.3, 0.4) is 0 Å². The van der Waals surface area contributed by atoms with Crippen LogP contribution in [-0.4, -0.2) is 37.1 Å². The van der Waals surface area contributed by atoms with E-state index < -0.39 is 11.8 Å². The third kappa shape index (κ3) is 6.73. The number of hydrogen-bond acceptors (Lipinski definition) is 5. The summed E-state index contributed by atoms with van der Waals surface area (Å²) in [7, 11) is 0. The van der Waals surface area contributed by atoms with Crippen molar-refractivity contribution in [3.8, 4) is 5.75 Å². The van der Waals surface area contributed by atoms with Gasteiger partial charge in [-0.05, 0) is 48.9 Å². The largest absolute Gasteiger partial charge is 0.484 e. The van der Waals surface area contributed by atoms with Gasteiger partial charge in [0.1, 0.15) is 5.75 Å². The molecule has 0 fully saturated rings. The molecule has 0 aromatic heterocycles. The number of ether oxygens (including phenoxy) is 1. The Bertz CT molecular complexity index is 868. The lowest BCUT2D eigenvalue weighted by Gasteiger charge is -2.08. The molecule has 2 rings (SSSR count). The van der Waals surface area contributed by atoms with Crippen molar-refractivity contribution >= 4 is 41.2 Å². The van der Waals surface area contributed by atoms with E-state index in [-0.39, 0.29) is 12.5 Å². The monoisotopic (exact) mass is 402 g/mol. The van der Waals surface area contributed by atoms with Gasteiger partial charge in [0.05, 0.1) is 16.9 Å². The van der Waals surface area contributed by atoms with Gasteiger partial charge in [0.25, 0.3) is 5.91 Å². The van der Waals surface area contributed by atoms with Crippen LogP contribution in [-0.2, 0) is 14.4 Å². The van der Waals surface area contributed by atoms with E-state index in [9.17, 15) is 14.4 Å². The number of rotatable bonds is 7. The highest BCUT2D eigenvalue weighted by molar-refractivity contribution is 6.35. The molecule has 0 bridgehead atoms. The number of likely N-dealkylation sites (N-methyl/N-ethyl adjacent to an activating group) is 1. The highest BCUT2D eigenvalue weighted by Crippen LogP contribution is 2.20.